The minimum absolute atomic E-state index is 0.116. The Labute approximate surface area is 142 Å². The molecule has 23 heavy (non-hydrogen) atoms. The topological polar surface area (TPSA) is 54.9 Å². The number of carbonyl (C=O) groups is 1. The van der Waals surface area contributed by atoms with Crippen LogP contribution in [0.25, 0.3) is 0 Å². The third-order valence-electron chi connectivity index (χ3n) is 6.26. The molecule has 5 heteroatoms. The third kappa shape index (κ3) is 3.12. The Bertz CT molecular complexity index is 542. The van der Waals surface area contributed by atoms with E-state index in [9.17, 15) is 4.79 Å². The highest BCUT2D eigenvalue weighted by Crippen LogP contribution is 2.61. The molecule has 4 saturated carbocycles. The molecule has 1 N–H and O–H groups in total. The van der Waals surface area contributed by atoms with Gasteiger partial charge >= 0.3 is 0 Å². The van der Waals surface area contributed by atoms with Gasteiger partial charge in [-0.2, -0.15) is 0 Å². The Balaban J connectivity index is 1.34. The molecule has 0 saturated heterocycles. The van der Waals surface area contributed by atoms with Crippen LogP contribution >= 0.6 is 11.8 Å². The van der Waals surface area contributed by atoms with E-state index in [2.05, 4.69) is 22.2 Å². The van der Waals surface area contributed by atoms with Gasteiger partial charge in [-0.25, -0.2) is 9.97 Å². The Morgan fingerprint density at radius 1 is 1.22 bits per heavy atom. The second-order valence-electron chi connectivity index (χ2n) is 7.89. The molecule has 4 fully saturated rings. The van der Waals surface area contributed by atoms with Gasteiger partial charge in [0, 0.05) is 18.4 Å². The first-order valence-corrected chi connectivity index (χ1v) is 9.81. The van der Waals surface area contributed by atoms with E-state index in [1.54, 1.807) is 18.5 Å². The van der Waals surface area contributed by atoms with Crippen LogP contribution in [0, 0.1) is 23.2 Å². The molecule has 4 aliphatic carbocycles. The van der Waals surface area contributed by atoms with Gasteiger partial charge in [-0.3, -0.25) is 4.79 Å². The number of nitrogens with zero attached hydrogens (tertiary/aromatic N) is 2. The summed E-state index contributed by atoms with van der Waals surface area (Å²) in [5.41, 5.74) is 0.373. The molecule has 0 aromatic carbocycles. The van der Waals surface area contributed by atoms with Crippen molar-refractivity contribution in [2.24, 2.45) is 23.2 Å². The van der Waals surface area contributed by atoms with Gasteiger partial charge in [-0.1, -0.05) is 11.8 Å². The normalized spacial score (nSPS) is 36.0. The minimum Gasteiger partial charge on any atom is -0.352 e. The second kappa shape index (κ2) is 6.08. The van der Waals surface area contributed by atoms with Crippen molar-refractivity contribution in [3.63, 3.8) is 0 Å². The van der Waals surface area contributed by atoms with Gasteiger partial charge in [0.2, 0.25) is 5.91 Å². The summed E-state index contributed by atoms with van der Waals surface area (Å²) in [4.78, 5) is 20.6. The zero-order valence-electron chi connectivity index (χ0n) is 13.7. The summed E-state index contributed by atoms with van der Waals surface area (Å²) < 4.78 is 0. The lowest BCUT2D eigenvalue weighted by Gasteiger charge is -2.59. The van der Waals surface area contributed by atoms with Crippen LogP contribution in [0.15, 0.2) is 23.6 Å². The molecule has 1 unspecified atom stereocenters. The average Bonchev–Trinajstić information content (AvgIpc) is 2.52. The molecule has 1 atom stereocenters. The van der Waals surface area contributed by atoms with Gasteiger partial charge in [-0.15, -0.1) is 0 Å². The summed E-state index contributed by atoms with van der Waals surface area (Å²) >= 11 is 1.41. The van der Waals surface area contributed by atoms with Crippen LogP contribution in [0.1, 0.15) is 45.4 Å². The Morgan fingerprint density at radius 3 is 2.35 bits per heavy atom. The first-order chi connectivity index (χ1) is 11.1. The molecule has 4 nitrogen and oxygen atoms in total. The highest BCUT2D eigenvalue weighted by Gasteiger charge is 2.53. The van der Waals surface area contributed by atoms with Crippen molar-refractivity contribution in [2.75, 3.05) is 5.75 Å². The number of amides is 1. The van der Waals surface area contributed by atoms with Crippen molar-refractivity contribution in [3.8, 4) is 0 Å². The SMILES string of the molecule is CC(NC(=O)CSc1ncccn1)C12CC3CC(CC(C3)C1)C2. The second-order valence-corrected chi connectivity index (χ2v) is 8.83. The van der Waals surface area contributed by atoms with E-state index >= 15 is 0 Å². The molecule has 1 aromatic rings. The van der Waals surface area contributed by atoms with E-state index in [0.29, 0.717) is 22.4 Å². The van der Waals surface area contributed by atoms with Gasteiger partial charge in [0.05, 0.1) is 5.75 Å². The van der Waals surface area contributed by atoms with Gasteiger partial charge in [0.1, 0.15) is 0 Å². The van der Waals surface area contributed by atoms with Crippen molar-refractivity contribution < 1.29 is 4.79 Å². The molecule has 0 radical (unpaired) electrons. The molecule has 0 aliphatic heterocycles. The Hall–Kier alpha value is -1.10. The van der Waals surface area contributed by atoms with Crippen LogP contribution in [-0.2, 0) is 4.79 Å². The fraction of sp³-hybridized carbons (Fsp3) is 0.722. The van der Waals surface area contributed by atoms with Gasteiger partial charge in [0.25, 0.3) is 0 Å². The molecule has 5 rings (SSSR count). The van der Waals surface area contributed by atoms with Crippen molar-refractivity contribution in [3.05, 3.63) is 18.5 Å². The number of rotatable bonds is 5. The quantitative estimate of drug-likeness (QED) is 0.664. The summed E-state index contributed by atoms with van der Waals surface area (Å²) in [6.45, 7) is 2.23. The summed E-state index contributed by atoms with van der Waals surface area (Å²) in [7, 11) is 0. The fourth-order valence-electron chi connectivity index (χ4n) is 5.63. The predicted molar refractivity (Wildman–Crippen MR) is 91.0 cm³/mol. The maximum absolute atomic E-state index is 12.3. The lowest BCUT2D eigenvalue weighted by Crippen LogP contribution is -2.56. The molecule has 0 spiro atoms. The smallest absolute Gasteiger partial charge is 0.230 e. The Kier molecular flexibility index (Phi) is 4.08. The van der Waals surface area contributed by atoms with E-state index < -0.39 is 0 Å². The maximum Gasteiger partial charge on any atom is 0.230 e. The predicted octanol–water partition coefficient (Wildman–Crippen LogP) is 3.29. The molecular formula is C18H25N3OS. The van der Waals surface area contributed by atoms with Crippen LogP contribution in [0.2, 0.25) is 0 Å². The number of hydrogen-bond acceptors (Lipinski definition) is 4. The van der Waals surface area contributed by atoms with E-state index in [0.717, 1.165) is 17.8 Å². The first-order valence-electron chi connectivity index (χ1n) is 8.82. The lowest BCUT2D eigenvalue weighted by atomic mass is 9.48. The summed E-state index contributed by atoms with van der Waals surface area (Å²) in [5, 5.41) is 3.96. The highest BCUT2D eigenvalue weighted by atomic mass is 32.2. The standard InChI is InChI=1S/C18H25N3OS/c1-12(21-16(22)11-23-17-19-3-2-4-20-17)18-8-13-5-14(9-18)7-15(6-13)10-18/h2-4,12-15H,5-11H2,1H3,(H,21,22). The number of aromatic nitrogens is 2. The van der Waals surface area contributed by atoms with Crippen molar-refractivity contribution in [1.29, 1.82) is 0 Å². The largest absolute Gasteiger partial charge is 0.352 e. The van der Waals surface area contributed by atoms with Crippen LogP contribution in [-0.4, -0.2) is 27.7 Å². The van der Waals surface area contributed by atoms with E-state index in [1.165, 1.54) is 50.3 Å². The molecule has 1 aromatic heterocycles. The van der Waals surface area contributed by atoms with E-state index in [4.69, 9.17) is 0 Å². The number of carbonyl (C=O) groups excluding carboxylic acids is 1. The van der Waals surface area contributed by atoms with Crippen LogP contribution in [0.3, 0.4) is 0 Å². The number of hydrogen-bond donors (Lipinski definition) is 1. The van der Waals surface area contributed by atoms with Crippen molar-refractivity contribution in [1.82, 2.24) is 15.3 Å². The fourth-order valence-corrected chi connectivity index (χ4v) is 6.25. The van der Waals surface area contributed by atoms with Gasteiger partial charge in [-0.05, 0) is 74.7 Å². The molecule has 1 amide bonds. The van der Waals surface area contributed by atoms with Crippen LogP contribution in [0.4, 0.5) is 0 Å². The van der Waals surface area contributed by atoms with Crippen LogP contribution in [0.5, 0.6) is 0 Å². The summed E-state index contributed by atoms with van der Waals surface area (Å²) in [6, 6.07) is 2.08. The van der Waals surface area contributed by atoms with Crippen molar-refractivity contribution in [2.45, 2.75) is 56.6 Å². The lowest BCUT2D eigenvalue weighted by molar-refractivity contribution is -0.123. The van der Waals surface area contributed by atoms with Gasteiger partial charge < -0.3 is 5.32 Å². The minimum atomic E-state index is 0.116. The van der Waals surface area contributed by atoms with Gasteiger partial charge in [0.15, 0.2) is 5.16 Å². The Morgan fingerprint density at radius 2 is 1.78 bits per heavy atom. The molecular weight excluding hydrogens is 306 g/mol. The molecule has 4 aliphatic rings. The zero-order chi connectivity index (χ0) is 15.9. The number of thioether (sulfide) groups is 1. The van der Waals surface area contributed by atoms with E-state index in [1.807, 2.05) is 0 Å². The third-order valence-corrected chi connectivity index (χ3v) is 7.13. The average molecular weight is 331 g/mol. The first kappa shape index (κ1) is 15.4. The number of nitrogens with one attached hydrogen (secondary N) is 1. The van der Waals surface area contributed by atoms with Crippen molar-refractivity contribution >= 4 is 17.7 Å². The molecule has 124 valence electrons. The molecule has 4 bridgehead atoms. The zero-order valence-corrected chi connectivity index (χ0v) is 14.5. The van der Waals surface area contributed by atoms with Crippen LogP contribution < -0.4 is 5.32 Å². The van der Waals surface area contributed by atoms with E-state index in [-0.39, 0.29) is 5.91 Å². The monoisotopic (exact) mass is 331 g/mol. The molecule has 1 heterocycles. The highest BCUT2D eigenvalue weighted by molar-refractivity contribution is 7.99. The maximum atomic E-state index is 12.3. The summed E-state index contributed by atoms with van der Waals surface area (Å²) in [6.07, 6.45) is 11.8. The summed E-state index contributed by atoms with van der Waals surface area (Å²) in [5.74, 6) is 3.29.